The largest absolute Gasteiger partial charge is 0.455 e. The Morgan fingerprint density at radius 1 is 0.920 bits per heavy atom. The summed E-state index contributed by atoms with van der Waals surface area (Å²) in [6.45, 7) is 0. The van der Waals surface area contributed by atoms with E-state index < -0.39 is 20.7 Å². The lowest BCUT2D eigenvalue weighted by Gasteiger charge is -2.14. The second-order valence-corrected chi connectivity index (χ2v) is 7.18. The minimum absolute atomic E-state index is 0.111. The van der Waals surface area contributed by atoms with E-state index in [4.69, 9.17) is 16.3 Å². The first-order valence-corrected chi connectivity index (χ1v) is 9.11. The van der Waals surface area contributed by atoms with Crippen molar-refractivity contribution < 1.29 is 17.5 Å². The number of rotatable bonds is 5. The van der Waals surface area contributed by atoms with Crippen LogP contribution in [0.25, 0.3) is 0 Å². The van der Waals surface area contributed by atoms with Crippen LogP contribution in [-0.2, 0) is 10.0 Å². The van der Waals surface area contributed by atoms with Crippen LogP contribution in [0.5, 0.6) is 11.5 Å². The average Bonchev–Trinajstić information content (AvgIpc) is 2.58. The van der Waals surface area contributed by atoms with Crippen molar-refractivity contribution in [2.24, 2.45) is 0 Å². The first-order valence-electron chi connectivity index (χ1n) is 7.25. The normalized spacial score (nSPS) is 11.1. The molecular formula is C18H13ClFNO3S. The van der Waals surface area contributed by atoms with Crippen molar-refractivity contribution >= 4 is 27.3 Å². The second-order valence-electron chi connectivity index (χ2n) is 5.09. The van der Waals surface area contributed by atoms with Crippen LogP contribution in [0.2, 0.25) is 5.02 Å². The molecule has 3 aromatic rings. The lowest BCUT2D eigenvalue weighted by atomic mass is 10.3. The van der Waals surface area contributed by atoms with Crippen molar-refractivity contribution in [3.63, 3.8) is 0 Å². The summed E-state index contributed by atoms with van der Waals surface area (Å²) >= 11 is 5.96. The van der Waals surface area contributed by atoms with Gasteiger partial charge in [0.1, 0.15) is 16.5 Å². The molecule has 3 aromatic carbocycles. The van der Waals surface area contributed by atoms with E-state index in [1.165, 1.54) is 30.3 Å². The summed E-state index contributed by atoms with van der Waals surface area (Å²) < 4.78 is 46.8. The first-order chi connectivity index (χ1) is 12.0. The van der Waals surface area contributed by atoms with Crippen LogP contribution in [-0.4, -0.2) is 8.42 Å². The molecule has 0 unspecified atom stereocenters. The van der Waals surface area contributed by atoms with Gasteiger partial charge in [0, 0.05) is 5.02 Å². The zero-order chi connectivity index (χ0) is 17.9. The SMILES string of the molecule is O=S(=O)(Nc1cc(Cl)ccc1Oc1ccccc1)c1ccccc1F. The van der Waals surface area contributed by atoms with E-state index in [0.717, 1.165) is 6.07 Å². The average molecular weight is 378 g/mol. The van der Waals surface area contributed by atoms with Crippen LogP contribution in [0, 0.1) is 5.82 Å². The van der Waals surface area contributed by atoms with Crippen LogP contribution in [0.1, 0.15) is 0 Å². The highest BCUT2D eigenvalue weighted by Gasteiger charge is 2.20. The molecule has 0 saturated heterocycles. The predicted octanol–water partition coefficient (Wildman–Crippen LogP) is 5.07. The van der Waals surface area contributed by atoms with E-state index in [0.29, 0.717) is 10.8 Å². The molecule has 4 nitrogen and oxygen atoms in total. The summed E-state index contributed by atoms with van der Waals surface area (Å²) in [5.74, 6) is -0.0748. The van der Waals surface area contributed by atoms with E-state index >= 15 is 0 Å². The Morgan fingerprint density at radius 3 is 2.32 bits per heavy atom. The summed E-state index contributed by atoms with van der Waals surface area (Å²) in [7, 11) is -4.14. The van der Waals surface area contributed by atoms with Crippen LogP contribution in [0.4, 0.5) is 10.1 Å². The van der Waals surface area contributed by atoms with Crippen molar-refractivity contribution in [2.75, 3.05) is 4.72 Å². The van der Waals surface area contributed by atoms with Crippen molar-refractivity contribution in [1.29, 1.82) is 0 Å². The molecule has 0 spiro atoms. The first kappa shape index (κ1) is 17.3. The quantitative estimate of drug-likeness (QED) is 0.675. The van der Waals surface area contributed by atoms with E-state index in [9.17, 15) is 12.8 Å². The molecular weight excluding hydrogens is 365 g/mol. The molecule has 0 fully saturated rings. The van der Waals surface area contributed by atoms with Gasteiger partial charge in [-0.2, -0.15) is 0 Å². The Morgan fingerprint density at radius 2 is 1.60 bits per heavy atom. The summed E-state index contributed by atoms with van der Waals surface area (Å²) in [6, 6.07) is 18.5. The topological polar surface area (TPSA) is 55.4 Å². The third kappa shape index (κ3) is 4.10. The van der Waals surface area contributed by atoms with Gasteiger partial charge in [0.05, 0.1) is 5.69 Å². The Bertz CT molecular complexity index is 994. The monoisotopic (exact) mass is 377 g/mol. The van der Waals surface area contributed by atoms with E-state index in [-0.39, 0.29) is 11.4 Å². The summed E-state index contributed by atoms with van der Waals surface area (Å²) in [5, 5.41) is 0.312. The van der Waals surface area contributed by atoms with Gasteiger partial charge in [-0.05, 0) is 42.5 Å². The number of ether oxygens (including phenoxy) is 1. The number of hydrogen-bond acceptors (Lipinski definition) is 3. The number of benzene rings is 3. The molecule has 0 atom stereocenters. The van der Waals surface area contributed by atoms with Crippen LogP contribution in [0.15, 0.2) is 77.7 Å². The van der Waals surface area contributed by atoms with Crippen molar-refractivity contribution in [2.45, 2.75) is 4.90 Å². The van der Waals surface area contributed by atoms with Gasteiger partial charge < -0.3 is 4.74 Å². The van der Waals surface area contributed by atoms with E-state index in [2.05, 4.69) is 4.72 Å². The van der Waals surface area contributed by atoms with Gasteiger partial charge in [-0.25, -0.2) is 12.8 Å². The minimum atomic E-state index is -4.14. The molecule has 0 heterocycles. The molecule has 0 saturated carbocycles. The second kappa shape index (κ2) is 7.13. The zero-order valence-electron chi connectivity index (χ0n) is 12.8. The molecule has 0 aliphatic rings. The molecule has 3 rings (SSSR count). The molecule has 128 valence electrons. The van der Waals surface area contributed by atoms with Crippen LogP contribution < -0.4 is 9.46 Å². The third-order valence-corrected chi connectivity index (χ3v) is 4.92. The summed E-state index contributed by atoms with van der Waals surface area (Å²) in [5.41, 5.74) is 0.111. The fraction of sp³-hybridized carbons (Fsp3) is 0. The Balaban J connectivity index is 1.97. The van der Waals surface area contributed by atoms with Crippen molar-refractivity contribution in [3.05, 3.63) is 83.6 Å². The van der Waals surface area contributed by atoms with Gasteiger partial charge in [0.25, 0.3) is 10.0 Å². The molecule has 0 aromatic heterocycles. The molecule has 0 aliphatic carbocycles. The van der Waals surface area contributed by atoms with Crippen LogP contribution in [0.3, 0.4) is 0 Å². The Labute approximate surface area is 149 Å². The Hall–Kier alpha value is -2.57. The molecule has 0 bridgehead atoms. The fourth-order valence-electron chi connectivity index (χ4n) is 2.15. The lowest BCUT2D eigenvalue weighted by Crippen LogP contribution is -2.15. The smallest absolute Gasteiger partial charge is 0.264 e. The molecule has 0 radical (unpaired) electrons. The highest BCUT2D eigenvalue weighted by molar-refractivity contribution is 7.92. The number of nitrogens with one attached hydrogen (secondary N) is 1. The maximum atomic E-state index is 13.8. The number of para-hydroxylation sites is 1. The number of anilines is 1. The highest BCUT2D eigenvalue weighted by atomic mass is 35.5. The Kier molecular flexibility index (Phi) is 4.92. The van der Waals surface area contributed by atoms with Gasteiger partial charge in [-0.1, -0.05) is 41.9 Å². The van der Waals surface area contributed by atoms with Crippen molar-refractivity contribution in [3.8, 4) is 11.5 Å². The highest BCUT2D eigenvalue weighted by Crippen LogP contribution is 2.33. The third-order valence-electron chi connectivity index (χ3n) is 3.28. The van der Waals surface area contributed by atoms with E-state index in [1.807, 2.05) is 6.07 Å². The summed E-state index contributed by atoms with van der Waals surface area (Å²) in [6.07, 6.45) is 0. The maximum absolute atomic E-state index is 13.8. The fourth-order valence-corrected chi connectivity index (χ4v) is 3.46. The molecule has 1 N–H and O–H groups in total. The number of hydrogen-bond donors (Lipinski definition) is 1. The van der Waals surface area contributed by atoms with Gasteiger partial charge in [0.15, 0.2) is 5.75 Å². The standard InChI is InChI=1S/C18H13ClFNO3S/c19-13-10-11-17(24-14-6-2-1-3-7-14)16(12-13)21-25(22,23)18-9-5-4-8-15(18)20/h1-12,21H. The minimum Gasteiger partial charge on any atom is -0.455 e. The van der Waals surface area contributed by atoms with Gasteiger partial charge in [-0.15, -0.1) is 0 Å². The van der Waals surface area contributed by atoms with Gasteiger partial charge >= 0.3 is 0 Å². The molecule has 25 heavy (non-hydrogen) atoms. The van der Waals surface area contributed by atoms with E-state index in [1.54, 1.807) is 30.3 Å². The number of sulfonamides is 1. The van der Waals surface area contributed by atoms with Crippen LogP contribution >= 0.6 is 11.6 Å². The molecule has 7 heteroatoms. The number of halogens is 2. The zero-order valence-corrected chi connectivity index (χ0v) is 14.4. The molecule has 0 aliphatic heterocycles. The molecule has 0 amide bonds. The lowest BCUT2D eigenvalue weighted by molar-refractivity contribution is 0.484. The van der Waals surface area contributed by atoms with Gasteiger partial charge in [-0.3, -0.25) is 4.72 Å². The maximum Gasteiger partial charge on any atom is 0.264 e. The summed E-state index contributed by atoms with van der Waals surface area (Å²) in [4.78, 5) is -0.458. The van der Waals surface area contributed by atoms with Crippen molar-refractivity contribution in [1.82, 2.24) is 0 Å². The predicted molar refractivity (Wildman–Crippen MR) is 95.2 cm³/mol. The van der Waals surface area contributed by atoms with Gasteiger partial charge in [0.2, 0.25) is 0 Å².